The fraction of sp³-hybridized carbons (Fsp3) is 0.692. The minimum absolute atomic E-state index is 0.0720. The number of rotatable bonds is 5. The summed E-state index contributed by atoms with van der Waals surface area (Å²) >= 11 is 1.43. The molecule has 0 bridgehead atoms. The highest BCUT2D eigenvalue weighted by Crippen LogP contribution is 2.19. The number of anilines is 1. The van der Waals surface area contributed by atoms with Crippen LogP contribution in [-0.2, 0) is 4.79 Å². The summed E-state index contributed by atoms with van der Waals surface area (Å²) in [6.45, 7) is 3.60. The molecule has 0 radical (unpaired) electrons. The van der Waals surface area contributed by atoms with Crippen molar-refractivity contribution in [1.29, 1.82) is 0 Å². The number of hydrogen-bond acceptors (Lipinski definition) is 6. The van der Waals surface area contributed by atoms with E-state index in [2.05, 4.69) is 15.2 Å². The minimum atomic E-state index is -0.338. The largest absolute Gasteiger partial charge is 0.392 e. The Balaban J connectivity index is 1.88. The molecule has 7 heteroatoms. The molecule has 1 aromatic heterocycles. The number of carbonyl (C=O) groups excluding carboxylic acids is 1. The number of amides is 1. The van der Waals surface area contributed by atoms with Gasteiger partial charge in [-0.1, -0.05) is 0 Å². The Kier molecular flexibility index (Phi) is 5.09. The van der Waals surface area contributed by atoms with Crippen LogP contribution in [0.25, 0.3) is 0 Å². The summed E-state index contributed by atoms with van der Waals surface area (Å²) in [7, 11) is 4.00. The van der Waals surface area contributed by atoms with Crippen molar-refractivity contribution in [2.75, 3.05) is 39.0 Å². The lowest BCUT2D eigenvalue weighted by molar-refractivity contribution is -0.117. The second kappa shape index (κ2) is 6.62. The van der Waals surface area contributed by atoms with Crippen molar-refractivity contribution in [2.24, 2.45) is 0 Å². The van der Waals surface area contributed by atoms with Crippen LogP contribution >= 0.6 is 11.3 Å². The van der Waals surface area contributed by atoms with Gasteiger partial charge in [-0.05, 0) is 27.4 Å². The molecule has 2 heterocycles. The number of thiazole rings is 1. The summed E-state index contributed by atoms with van der Waals surface area (Å²) in [5.74, 6) is -0.0720. The molecule has 0 aromatic carbocycles. The second-order valence-electron chi connectivity index (χ2n) is 5.58. The van der Waals surface area contributed by atoms with E-state index in [1.807, 2.05) is 31.3 Å². The molecule has 1 aromatic rings. The number of likely N-dealkylation sites (N-methyl/N-ethyl adjacent to an activating group) is 1. The number of β-amino-alcohol motifs (C(OH)–C–C–N with tert-alkyl or cyclic N) is 1. The maximum atomic E-state index is 12.0. The Morgan fingerprint density at radius 1 is 1.65 bits per heavy atom. The lowest BCUT2D eigenvalue weighted by atomic mass is 10.2. The molecule has 1 aliphatic rings. The van der Waals surface area contributed by atoms with E-state index in [1.54, 1.807) is 0 Å². The van der Waals surface area contributed by atoms with Gasteiger partial charge in [-0.25, -0.2) is 4.98 Å². The number of likely N-dealkylation sites (tertiary alicyclic amines) is 1. The maximum Gasteiger partial charge on any atom is 0.240 e. The monoisotopic (exact) mass is 298 g/mol. The van der Waals surface area contributed by atoms with Crippen molar-refractivity contribution in [1.82, 2.24) is 14.8 Å². The van der Waals surface area contributed by atoms with Crippen LogP contribution in [0.3, 0.4) is 0 Å². The molecule has 2 rings (SSSR count). The van der Waals surface area contributed by atoms with Crippen LogP contribution in [-0.4, -0.2) is 71.7 Å². The smallest absolute Gasteiger partial charge is 0.240 e. The molecule has 1 fully saturated rings. The number of aryl methyl sites for hydroxylation is 1. The van der Waals surface area contributed by atoms with Crippen LogP contribution in [0.1, 0.15) is 12.1 Å². The normalized spacial score (nSPS) is 23.4. The van der Waals surface area contributed by atoms with Gasteiger partial charge >= 0.3 is 0 Å². The summed E-state index contributed by atoms with van der Waals surface area (Å²) in [5, 5.41) is 15.1. The summed E-state index contributed by atoms with van der Waals surface area (Å²) in [6, 6.07) is 0.226. The zero-order valence-corrected chi connectivity index (χ0v) is 13.0. The first-order valence-corrected chi connectivity index (χ1v) is 7.61. The van der Waals surface area contributed by atoms with Gasteiger partial charge in [0, 0.05) is 24.5 Å². The van der Waals surface area contributed by atoms with Gasteiger partial charge in [-0.15, -0.1) is 11.3 Å². The fourth-order valence-electron chi connectivity index (χ4n) is 2.52. The van der Waals surface area contributed by atoms with Crippen LogP contribution in [0, 0.1) is 6.92 Å². The van der Waals surface area contributed by atoms with E-state index >= 15 is 0 Å². The first-order valence-electron chi connectivity index (χ1n) is 6.73. The first kappa shape index (κ1) is 15.4. The Morgan fingerprint density at radius 2 is 2.40 bits per heavy atom. The Hall–Kier alpha value is -1.02. The van der Waals surface area contributed by atoms with Crippen molar-refractivity contribution in [3.8, 4) is 0 Å². The SMILES string of the molecule is Cc1csc(NC(=O)CN2CC(O)CC2CN(C)C)n1. The van der Waals surface area contributed by atoms with Crippen LogP contribution < -0.4 is 5.32 Å². The highest BCUT2D eigenvalue weighted by atomic mass is 32.1. The number of hydrogen-bond donors (Lipinski definition) is 2. The van der Waals surface area contributed by atoms with Gasteiger partial charge < -0.3 is 15.3 Å². The fourth-order valence-corrected chi connectivity index (χ4v) is 3.22. The maximum absolute atomic E-state index is 12.0. The van der Waals surface area contributed by atoms with Crippen molar-refractivity contribution in [2.45, 2.75) is 25.5 Å². The molecule has 112 valence electrons. The topological polar surface area (TPSA) is 68.7 Å². The number of aromatic nitrogens is 1. The molecule has 0 spiro atoms. The Labute approximate surface area is 123 Å². The van der Waals surface area contributed by atoms with Crippen LogP contribution in [0.15, 0.2) is 5.38 Å². The van der Waals surface area contributed by atoms with E-state index in [9.17, 15) is 9.90 Å². The molecule has 2 N–H and O–H groups in total. The first-order chi connectivity index (χ1) is 9.44. The van der Waals surface area contributed by atoms with Crippen molar-refractivity contribution >= 4 is 22.4 Å². The highest BCUT2D eigenvalue weighted by Gasteiger charge is 2.32. The van der Waals surface area contributed by atoms with E-state index in [0.29, 0.717) is 18.2 Å². The highest BCUT2D eigenvalue weighted by molar-refractivity contribution is 7.13. The number of aliphatic hydroxyl groups excluding tert-OH is 1. The standard InChI is InChI=1S/C13H22N4O2S/c1-9-8-20-13(14-9)15-12(19)7-17-6-11(18)4-10(17)5-16(2)3/h8,10-11,18H,4-7H2,1-3H3,(H,14,15,19). The predicted octanol–water partition coefficient (Wildman–Crippen LogP) is 0.387. The van der Waals surface area contributed by atoms with Gasteiger partial charge in [0.2, 0.25) is 5.91 Å². The average Bonchev–Trinajstić information content (AvgIpc) is 2.85. The van der Waals surface area contributed by atoms with E-state index < -0.39 is 0 Å². The third kappa shape index (κ3) is 4.24. The van der Waals surface area contributed by atoms with Crippen molar-refractivity contribution in [3.63, 3.8) is 0 Å². The molecule has 20 heavy (non-hydrogen) atoms. The average molecular weight is 298 g/mol. The van der Waals surface area contributed by atoms with E-state index in [1.165, 1.54) is 11.3 Å². The van der Waals surface area contributed by atoms with E-state index in [4.69, 9.17) is 0 Å². The molecule has 2 unspecified atom stereocenters. The van der Waals surface area contributed by atoms with Gasteiger partial charge in [0.1, 0.15) is 0 Å². The van der Waals surface area contributed by atoms with Crippen LogP contribution in [0.4, 0.5) is 5.13 Å². The molecule has 1 aliphatic heterocycles. The Morgan fingerprint density at radius 3 is 3.00 bits per heavy atom. The summed E-state index contributed by atoms with van der Waals surface area (Å²) < 4.78 is 0. The van der Waals surface area contributed by atoms with Gasteiger partial charge in [0.05, 0.1) is 18.3 Å². The van der Waals surface area contributed by atoms with Crippen molar-refractivity contribution in [3.05, 3.63) is 11.1 Å². The third-order valence-corrected chi connectivity index (χ3v) is 4.17. The molecular formula is C13H22N4O2S. The van der Waals surface area contributed by atoms with Gasteiger partial charge in [-0.3, -0.25) is 9.69 Å². The number of carbonyl (C=O) groups is 1. The number of nitrogens with zero attached hydrogens (tertiary/aromatic N) is 3. The van der Waals surface area contributed by atoms with Crippen molar-refractivity contribution < 1.29 is 9.90 Å². The zero-order valence-electron chi connectivity index (χ0n) is 12.2. The number of nitrogens with one attached hydrogen (secondary N) is 1. The molecule has 1 amide bonds. The number of aliphatic hydroxyl groups is 1. The molecular weight excluding hydrogens is 276 g/mol. The molecule has 0 saturated carbocycles. The lowest BCUT2D eigenvalue weighted by Crippen LogP contribution is -2.41. The lowest BCUT2D eigenvalue weighted by Gasteiger charge is -2.25. The van der Waals surface area contributed by atoms with Gasteiger partial charge in [0.15, 0.2) is 5.13 Å². The predicted molar refractivity (Wildman–Crippen MR) is 80.0 cm³/mol. The van der Waals surface area contributed by atoms with Crippen LogP contribution in [0.5, 0.6) is 0 Å². The second-order valence-corrected chi connectivity index (χ2v) is 6.44. The summed E-state index contributed by atoms with van der Waals surface area (Å²) in [5.41, 5.74) is 0.910. The summed E-state index contributed by atoms with van der Waals surface area (Å²) in [6.07, 6.45) is 0.386. The van der Waals surface area contributed by atoms with Gasteiger partial charge in [-0.2, -0.15) is 0 Å². The molecule has 2 atom stereocenters. The van der Waals surface area contributed by atoms with Gasteiger partial charge in [0.25, 0.3) is 0 Å². The quantitative estimate of drug-likeness (QED) is 0.823. The molecule has 6 nitrogen and oxygen atoms in total. The summed E-state index contributed by atoms with van der Waals surface area (Å²) in [4.78, 5) is 20.4. The zero-order chi connectivity index (χ0) is 14.7. The Bertz CT molecular complexity index is 463. The van der Waals surface area contributed by atoms with E-state index in [0.717, 1.165) is 18.7 Å². The molecule has 1 saturated heterocycles. The molecule has 0 aliphatic carbocycles. The van der Waals surface area contributed by atoms with Crippen LogP contribution in [0.2, 0.25) is 0 Å². The minimum Gasteiger partial charge on any atom is -0.392 e. The third-order valence-electron chi connectivity index (χ3n) is 3.29. The van der Waals surface area contributed by atoms with E-state index in [-0.39, 0.29) is 18.1 Å².